The molecule has 0 aliphatic heterocycles. The number of benzene rings is 4. The second-order valence-electron chi connectivity index (χ2n) is 11.9. The number of aromatic amines is 1. The molecule has 6 aromatic rings. The summed E-state index contributed by atoms with van der Waals surface area (Å²) in [6, 6.07) is 30.4. The van der Waals surface area contributed by atoms with Crippen LogP contribution in [0.15, 0.2) is 97.2 Å². The van der Waals surface area contributed by atoms with Crippen molar-refractivity contribution in [1.29, 1.82) is 0 Å². The van der Waals surface area contributed by atoms with Gasteiger partial charge in [0.1, 0.15) is 11.6 Å². The van der Waals surface area contributed by atoms with Crippen LogP contribution in [-0.2, 0) is 30.6 Å². The van der Waals surface area contributed by atoms with E-state index in [-0.39, 0.29) is 5.91 Å². The minimum absolute atomic E-state index is 0.248. The van der Waals surface area contributed by atoms with Crippen molar-refractivity contribution in [3.63, 3.8) is 0 Å². The summed E-state index contributed by atoms with van der Waals surface area (Å²) in [5.74, 6) is 2.09. The summed E-state index contributed by atoms with van der Waals surface area (Å²) in [5.41, 5.74) is 9.74. The number of hydrogen-bond acceptors (Lipinski definition) is 5. The maximum absolute atomic E-state index is 13.3. The number of carbonyl (C=O) groups is 1. The monoisotopic (exact) mass is 586 g/mol. The van der Waals surface area contributed by atoms with Crippen LogP contribution < -0.4 is 15.8 Å². The zero-order chi connectivity index (χ0) is 30.7. The highest BCUT2D eigenvalue weighted by Gasteiger charge is 2.29. The first kappa shape index (κ1) is 29.1. The first-order valence-corrected chi connectivity index (χ1v) is 15.0. The lowest BCUT2D eigenvalue weighted by Crippen LogP contribution is -2.50. The predicted octanol–water partition coefficient (Wildman–Crippen LogP) is 5.89. The molecule has 0 aliphatic rings. The van der Waals surface area contributed by atoms with Gasteiger partial charge in [0.25, 0.3) is 0 Å². The number of amides is 1. The zero-order valence-electron chi connectivity index (χ0n) is 25.4. The van der Waals surface area contributed by atoms with Crippen molar-refractivity contribution in [2.45, 2.75) is 51.2 Å². The number of rotatable bonds is 11. The Morgan fingerprint density at radius 2 is 1.64 bits per heavy atom. The summed E-state index contributed by atoms with van der Waals surface area (Å²) in [6.07, 6.45) is 4.08. The summed E-state index contributed by atoms with van der Waals surface area (Å²) in [6.45, 7) is 3.97. The second kappa shape index (κ2) is 12.3. The lowest BCUT2D eigenvalue weighted by molar-refractivity contribution is -0.126. The van der Waals surface area contributed by atoms with E-state index in [0.717, 1.165) is 45.4 Å². The molecule has 0 unspecified atom stereocenters. The molecular formula is C36H38N6O2. The molecule has 8 nitrogen and oxygen atoms in total. The van der Waals surface area contributed by atoms with Crippen LogP contribution in [0.2, 0.25) is 0 Å². The van der Waals surface area contributed by atoms with Crippen LogP contribution in [0.25, 0.3) is 21.7 Å². The molecule has 0 bridgehead atoms. The fourth-order valence-electron chi connectivity index (χ4n) is 5.70. The average molecular weight is 587 g/mol. The lowest BCUT2D eigenvalue weighted by Gasteiger charge is -2.25. The normalized spacial score (nSPS) is 12.5. The number of nitrogens with one attached hydrogen (secondary N) is 2. The van der Waals surface area contributed by atoms with Gasteiger partial charge >= 0.3 is 0 Å². The number of nitrogens with two attached hydrogens (primary N) is 1. The van der Waals surface area contributed by atoms with E-state index < -0.39 is 11.6 Å². The number of para-hydroxylation sites is 1. The third-order valence-corrected chi connectivity index (χ3v) is 8.15. The van der Waals surface area contributed by atoms with Gasteiger partial charge in [-0.25, -0.2) is 0 Å². The molecule has 0 fully saturated rings. The molecule has 1 amide bonds. The first-order chi connectivity index (χ1) is 21.3. The number of carbonyl (C=O) groups excluding carboxylic acids is 1. The van der Waals surface area contributed by atoms with E-state index in [1.165, 1.54) is 10.9 Å². The van der Waals surface area contributed by atoms with Gasteiger partial charge in [-0.05, 0) is 65.9 Å². The van der Waals surface area contributed by atoms with Crippen LogP contribution in [0, 0.1) is 0 Å². The number of fused-ring (bicyclic) bond motifs is 2. The quantitative estimate of drug-likeness (QED) is 0.175. The molecule has 0 saturated heterocycles. The molecule has 4 aromatic carbocycles. The van der Waals surface area contributed by atoms with Crippen LogP contribution in [-0.4, -0.2) is 38.3 Å². The molecule has 4 N–H and O–H groups in total. The Balaban J connectivity index is 1.40. The summed E-state index contributed by atoms with van der Waals surface area (Å²) >= 11 is 0. The molecule has 8 heteroatoms. The maximum Gasteiger partial charge on any atom is 0.240 e. The Morgan fingerprint density at radius 1 is 0.909 bits per heavy atom. The highest BCUT2D eigenvalue weighted by Crippen LogP contribution is 2.27. The molecule has 2 heterocycles. The Bertz CT molecular complexity index is 1890. The Kier molecular flexibility index (Phi) is 8.17. The highest BCUT2D eigenvalue weighted by molar-refractivity contribution is 5.87. The molecule has 224 valence electrons. The fraction of sp³-hybridized carbons (Fsp3) is 0.250. The van der Waals surface area contributed by atoms with Crippen LogP contribution in [0.4, 0.5) is 0 Å². The van der Waals surface area contributed by atoms with Crippen LogP contribution in [0.5, 0.6) is 5.75 Å². The topological polar surface area (TPSA) is 111 Å². The Hall–Kier alpha value is -4.95. The number of ether oxygens (including phenoxy) is 1. The second-order valence-corrected chi connectivity index (χ2v) is 11.9. The van der Waals surface area contributed by atoms with Gasteiger partial charge in [-0.3, -0.25) is 4.79 Å². The van der Waals surface area contributed by atoms with Gasteiger partial charge in [-0.15, -0.1) is 10.2 Å². The average Bonchev–Trinajstić information content (AvgIpc) is 3.63. The van der Waals surface area contributed by atoms with Crippen LogP contribution in [0.1, 0.15) is 48.2 Å². The van der Waals surface area contributed by atoms with Gasteiger partial charge in [0.05, 0.1) is 25.2 Å². The van der Waals surface area contributed by atoms with Crippen molar-refractivity contribution in [1.82, 2.24) is 25.1 Å². The number of hydrogen-bond donors (Lipinski definition) is 3. The van der Waals surface area contributed by atoms with E-state index in [1.54, 1.807) is 21.0 Å². The number of H-pyrrole nitrogens is 1. The van der Waals surface area contributed by atoms with Crippen molar-refractivity contribution in [3.05, 3.63) is 126 Å². The number of aromatic nitrogens is 4. The third-order valence-electron chi connectivity index (χ3n) is 8.15. The van der Waals surface area contributed by atoms with Crippen molar-refractivity contribution in [3.8, 4) is 5.75 Å². The maximum atomic E-state index is 13.3. The minimum atomic E-state index is -1.06. The number of methoxy groups -OCH3 is 1. The first-order valence-electron chi connectivity index (χ1n) is 15.0. The van der Waals surface area contributed by atoms with Gasteiger partial charge in [0.15, 0.2) is 5.82 Å². The van der Waals surface area contributed by atoms with Crippen molar-refractivity contribution in [2.75, 3.05) is 7.11 Å². The van der Waals surface area contributed by atoms with Crippen molar-refractivity contribution >= 4 is 27.6 Å². The summed E-state index contributed by atoms with van der Waals surface area (Å²) in [4.78, 5) is 16.7. The van der Waals surface area contributed by atoms with E-state index in [9.17, 15) is 4.79 Å². The van der Waals surface area contributed by atoms with Gasteiger partial charge in [-0.1, -0.05) is 72.8 Å². The van der Waals surface area contributed by atoms with Gasteiger partial charge < -0.3 is 25.3 Å². The van der Waals surface area contributed by atoms with Crippen LogP contribution >= 0.6 is 0 Å². The molecule has 44 heavy (non-hydrogen) atoms. The Morgan fingerprint density at radius 3 is 2.41 bits per heavy atom. The van der Waals surface area contributed by atoms with Crippen LogP contribution in [0.3, 0.4) is 0 Å². The minimum Gasteiger partial charge on any atom is -0.497 e. The SMILES string of the molecule is COc1ccc(Cn2c(CCc3c[nH]c4ccccc34)nnc2[C@@H](Cc2cccc3ccccc23)NC(=O)C(C)(C)N)cc1. The van der Waals surface area contributed by atoms with E-state index in [2.05, 4.69) is 69.6 Å². The predicted molar refractivity (Wildman–Crippen MR) is 175 cm³/mol. The molecule has 0 aliphatic carbocycles. The lowest BCUT2D eigenvalue weighted by atomic mass is 9.97. The number of aryl methyl sites for hydroxylation is 2. The highest BCUT2D eigenvalue weighted by atomic mass is 16.5. The molecule has 0 radical (unpaired) electrons. The van der Waals surface area contributed by atoms with Crippen molar-refractivity contribution in [2.24, 2.45) is 5.73 Å². The molecule has 2 aromatic heterocycles. The third kappa shape index (κ3) is 6.21. The number of nitrogens with zero attached hydrogens (tertiary/aromatic N) is 3. The van der Waals surface area contributed by atoms with Gasteiger partial charge in [0.2, 0.25) is 5.91 Å². The molecular weight excluding hydrogens is 548 g/mol. The molecule has 6 rings (SSSR count). The van der Waals surface area contributed by atoms with E-state index in [0.29, 0.717) is 25.2 Å². The zero-order valence-corrected chi connectivity index (χ0v) is 25.4. The standard InChI is InChI=1S/C36H38N6O2/c1-36(2,37)35(43)39-32(21-26-11-8-10-25-9-4-5-12-29(25)26)34-41-40-33(42(34)23-24-15-18-28(44-3)19-16-24)20-17-27-22-38-31-14-7-6-13-30(27)31/h4-16,18-19,22,32,38H,17,20-21,23,37H2,1-3H3,(H,39,43)/t32-/m1/s1. The summed E-state index contributed by atoms with van der Waals surface area (Å²) in [7, 11) is 1.66. The fourth-order valence-corrected chi connectivity index (χ4v) is 5.70. The van der Waals surface area contributed by atoms with Gasteiger partial charge in [0, 0.05) is 29.9 Å². The van der Waals surface area contributed by atoms with E-state index >= 15 is 0 Å². The van der Waals surface area contributed by atoms with E-state index in [1.807, 2.05) is 42.5 Å². The van der Waals surface area contributed by atoms with Gasteiger partial charge in [-0.2, -0.15) is 0 Å². The molecule has 1 atom stereocenters. The summed E-state index contributed by atoms with van der Waals surface area (Å²) < 4.78 is 7.54. The Labute approximate surface area is 257 Å². The smallest absolute Gasteiger partial charge is 0.240 e. The van der Waals surface area contributed by atoms with E-state index in [4.69, 9.17) is 20.7 Å². The van der Waals surface area contributed by atoms with Crippen molar-refractivity contribution < 1.29 is 9.53 Å². The summed E-state index contributed by atoms with van der Waals surface area (Å²) in [5, 5.41) is 16.2. The molecule has 0 spiro atoms. The molecule has 0 saturated carbocycles. The largest absolute Gasteiger partial charge is 0.497 e.